The SMILES string of the molecule is O=C(O)C(F)(F)F.O=C(O)C(F)(F)F.O=C(c1cccnc1)N1C[C@@H]2OCCN(c3ncccn3)[C@@H]2C1. The summed E-state index contributed by atoms with van der Waals surface area (Å²) in [6.45, 7) is 2.55. The van der Waals surface area contributed by atoms with Crippen molar-refractivity contribution in [2.75, 3.05) is 31.1 Å². The predicted octanol–water partition coefficient (Wildman–Crippen LogP) is 1.87. The monoisotopic (exact) mass is 539 g/mol. The van der Waals surface area contributed by atoms with E-state index in [4.69, 9.17) is 24.5 Å². The highest BCUT2D eigenvalue weighted by Gasteiger charge is 2.43. The van der Waals surface area contributed by atoms with Gasteiger partial charge < -0.3 is 24.7 Å². The van der Waals surface area contributed by atoms with Gasteiger partial charge in [-0.05, 0) is 18.2 Å². The summed E-state index contributed by atoms with van der Waals surface area (Å²) in [6, 6.07) is 5.45. The molecule has 17 heteroatoms. The fourth-order valence-electron chi connectivity index (χ4n) is 3.21. The lowest BCUT2D eigenvalue weighted by Gasteiger charge is -2.36. The summed E-state index contributed by atoms with van der Waals surface area (Å²) in [5, 5.41) is 14.2. The molecule has 2 aliphatic heterocycles. The number of aliphatic carboxylic acids is 2. The minimum atomic E-state index is -5.08. The molecule has 0 aliphatic carbocycles. The Balaban J connectivity index is 0.000000286. The number of halogens is 6. The summed E-state index contributed by atoms with van der Waals surface area (Å²) in [7, 11) is 0. The Morgan fingerprint density at radius 3 is 1.97 bits per heavy atom. The van der Waals surface area contributed by atoms with Crippen molar-refractivity contribution in [1.29, 1.82) is 0 Å². The molecule has 2 atom stereocenters. The molecule has 2 saturated heterocycles. The Morgan fingerprint density at radius 1 is 0.919 bits per heavy atom. The number of hydrogen-bond donors (Lipinski definition) is 2. The molecular formula is C20H19F6N5O6. The van der Waals surface area contributed by atoms with Gasteiger partial charge in [-0.25, -0.2) is 19.6 Å². The van der Waals surface area contributed by atoms with Gasteiger partial charge in [0.15, 0.2) is 0 Å². The first-order valence-corrected chi connectivity index (χ1v) is 10.2. The first kappa shape index (κ1) is 29.2. The number of carboxylic acids is 2. The summed E-state index contributed by atoms with van der Waals surface area (Å²) in [4.78, 5) is 47.1. The van der Waals surface area contributed by atoms with Crippen molar-refractivity contribution in [2.24, 2.45) is 0 Å². The number of rotatable bonds is 2. The fraction of sp³-hybridized carbons (Fsp3) is 0.400. The Hall–Kier alpha value is -4.02. The van der Waals surface area contributed by atoms with Crippen LogP contribution in [0.5, 0.6) is 0 Å². The van der Waals surface area contributed by atoms with E-state index in [1.807, 2.05) is 4.90 Å². The molecule has 0 radical (unpaired) electrons. The van der Waals surface area contributed by atoms with E-state index in [1.165, 1.54) is 0 Å². The quantitative estimate of drug-likeness (QED) is 0.543. The minimum Gasteiger partial charge on any atom is -0.475 e. The summed E-state index contributed by atoms with van der Waals surface area (Å²) in [6.07, 6.45) is -3.43. The second kappa shape index (κ2) is 12.3. The number of carbonyl (C=O) groups is 3. The van der Waals surface area contributed by atoms with Crippen LogP contribution in [0.4, 0.5) is 32.3 Å². The van der Waals surface area contributed by atoms with Gasteiger partial charge in [-0.15, -0.1) is 0 Å². The number of aromatic nitrogens is 3. The van der Waals surface area contributed by atoms with Crippen LogP contribution in [0, 0.1) is 0 Å². The molecule has 2 N–H and O–H groups in total. The number of nitrogens with zero attached hydrogens (tertiary/aromatic N) is 5. The van der Waals surface area contributed by atoms with Crippen molar-refractivity contribution < 1.29 is 55.7 Å². The smallest absolute Gasteiger partial charge is 0.475 e. The van der Waals surface area contributed by atoms with Crippen LogP contribution >= 0.6 is 0 Å². The second-order valence-electron chi connectivity index (χ2n) is 7.28. The van der Waals surface area contributed by atoms with Crippen molar-refractivity contribution >= 4 is 23.8 Å². The molecule has 4 rings (SSSR count). The van der Waals surface area contributed by atoms with Crippen molar-refractivity contribution in [1.82, 2.24) is 19.9 Å². The number of morpholine rings is 1. The van der Waals surface area contributed by atoms with Gasteiger partial charge in [0.1, 0.15) is 0 Å². The van der Waals surface area contributed by atoms with E-state index in [-0.39, 0.29) is 18.1 Å². The van der Waals surface area contributed by atoms with Crippen molar-refractivity contribution in [2.45, 2.75) is 24.5 Å². The lowest BCUT2D eigenvalue weighted by atomic mass is 10.1. The molecular weight excluding hydrogens is 520 g/mol. The molecule has 0 saturated carbocycles. The number of hydrogen-bond acceptors (Lipinski definition) is 8. The van der Waals surface area contributed by atoms with Crippen LogP contribution in [0.1, 0.15) is 10.4 Å². The standard InChI is InChI=1S/C16H17N5O2.2C2HF3O2/c22-15(12-3-1-4-17-9-12)20-10-13-14(11-20)23-8-7-21(13)16-18-5-2-6-19-16;2*3-2(4,5)1(6)7/h1-6,9,13-14H,7-8,10-11H2;2*(H,6,7)/t13-,14+;;/m1../s1. The van der Waals surface area contributed by atoms with Gasteiger partial charge >= 0.3 is 24.3 Å². The maximum Gasteiger partial charge on any atom is 0.490 e. The highest BCUT2D eigenvalue weighted by atomic mass is 19.4. The van der Waals surface area contributed by atoms with E-state index >= 15 is 0 Å². The zero-order valence-corrected chi connectivity index (χ0v) is 18.6. The largest absolute Gasteiger partial charge is 0.490 e. The predicted molar refractivity (Wildman–Crippen MR) is 110 cm³/mol. The van der Waals surface area contributed by atoms with Gasteiger partial charge in [-0.2, -0.15) is 26.3 Å². The third-order valence-corrected chi connectivity index (χ3v) is 4.79. The molecule has 1 amide bonds. The van der Waals surface area contributed by atoms with Gasteiger partial charge in [0.2, 0.25) is 5.95 Å². The highest BCUT2D eigenvalue weighted by molar-refractivity contribution is 5.94. The molecule has 2 aliphatic rings. The third-order valence-electron chi connectivity index (χ3n) is 4.79. The minimum absolute atomic E-state index is 0.00632. The van der Waals surface area contributed by atoms with E-state index in [1.54, 1.807) is 43.0 Å². The van der Waals surface area contributed by atoms with E-state index in [0.29, 0.717) is 31.2 Å². The van der Waals surface area contributed by atoms with Crippen LogP contribution in [-0.4, -0.2) is 98.7 Å². The van der Waals surface area contributed by atoms with E-state index < -0.39 is 24.3 Å². The molecule has 2 aromatic heterocycles. The van der Waals surface area contributed by atoms with Crippen LogP contribution in [0.3, 0.4) is 0 Å². The maximum atomic E-state index is 12.6. The van der Waals surface area contributed by atoms with Gasteiger partial charge in [-0.1, -0.05) is 0 Å². The first-order chi connectivity index (χ1) is 17.2. The van der Waals surface area contributed by atoms with Crippen LogP contribution in [0.15, 0.2) is 43.0 Å². The third kappa shape index (κ3) is 8.55. The van der Waals surface area contributed by atoms with Crippen LogP contribution in [0.25, 0.3) is 0 Å². The van der Waals surface area contributed by atoms with Crippen molar-refractivity contribution in [3.05, 3.63) is 48.5 Å². The van der Waals surface area contributed by atoms with Crippen molar-refractivity contribution in [3.63, 3.8) is 0 Å². The first-order valence-electron chi connectivity index (χ1n) is 10.2. The Morgan fingerprint density at radius 2 is 1.49 bits per heavy atom. The van der Waals surface area contributed by atoms with Gasteiger partial charge in [0.05, 0.1) is 24.3 Å². The van der Waals surface area contributed by atoms with Crippen LogP contribution in [-0.2, 0) is 14.3 Å². The lowest BCUT2D eigenvalue weighted by Crippen LogP contribution is -2.51. The topological polar surface area (TPSA) is 146 Å². The maximum absolute atomic E-state index is 12.6. The van der Waals surface area contributed by atoms with Gasteiger partial charge in [0.25, 0.3) is 5.91 Å². The molecule has 4 heterocycles. The van der Waals surface area contributed by atoms with Gasteiger partial charge in [0, 0.05) is 44.4 Å². The highest BCUT2D eigenvalue weighted by Crippen LogP contribution is 2.26. The second-order valence-corrected chi connectivity index (χ2v) is 7.28. The summed E-state index contributed by atoms with van der Waals surface area (Å²) in [5.74, 6) is -4.83. The molecule has 0 spiro atoms. The molecule has 2 aromatic rings. The lowest BCUT2D eigenvalue weighted by molar-refractivity contribution is -0.193. The Labute approximate surface area is 204 Å². The van der Waals surface area contributed by atoms with Crippen LogP contribution < -0.4 is 4.90 Å². The number of carbonyl (C=O) groups excluding carboxylic acids is 1. The van der Waals surface area contributed by atoms with Gasteiger partial charge in [-0.3, -0.25) is 9.78 Å². The number of alkyl halides is 6. The summed E-state index contributed by atoms with van der Waals surface area (Å²) in [5.41, 5.74) is 0.605. The van der Waals surface area contributed by atoms with E-state index in [2.05, 4.69) is 19.9 Å². The number of carboxylic acid groups (broad SMARTS) is 2. The van der Waals surface area contributed by atoms with E-state index in [0.717, 1.165) is 6.54 Å². The molecule has 0 unspecified atom stereocenters. The number of anilines is 1. The Bertz CT molecular complexity index is 1030. The van der Waals surface area contributed by atoms with Crippen molar-refractivity contribution in [3.8, 4) is 0 Å². The average Bonchev–Trinajstić information content (AvgIpc) is 3.29. The molecule has 37 heavy (non-hydrogen) atoms. The molecule has 0 aromatic carbocycles. The summed E-state index contributed by atoms with van der Waals surface area (Å²) < 4.78 is 69.3. The molecule has 0 bridgehead atoms. The zero-order chi connectivity index (χ0) is 27.8. The molecule has 202 valence electrons. The number of amides is 1. The average molecular weight is 539 g/mol. The summed E-state index contributed by atoms with van der Waals surface area (Å²) >= 11 is 0. The number of likely N-dealkylation sites (tertiary alicyclic amines) is 1. The Kier molecular flexibility index (Phi) is 9.70. The zero-order valence-electron chi connectivity index (χ0n) is 18.6. The fourth-order valence-corrected chi connectivity index (χ4v) is 3.21. The van der Waals surface area contributed by atoms with Crippen LogP contribution in [0.2, 0.25) is 0 Å². The number of pyridine rings is 1. The normalized spacial score (nSPS) is 19.0. The van der Waals surface area contributed by atoms with E-state index in [9.17, 15) is 31.1 Å². The number of ether oxygens (including phenoxy) is 1. The number of fused-ring (bicyclic) bond motifs is 1. The molecule has 2 fully saturated rings. The molecule has 11 nitrogen and oxygen atoms in total.